The Bertz CT molecular complexity index is 882. The molecule has 27 heavy (non-hydrogen) atoms. The van der Waals surface area contributed by atoms with Gasteiger partial charge in [0.1, 0.15) is 5.67 Å². The lowest BCUT2D eigenvalue weighted by molar-refractivity contribution is 0.102. The molecule has 1 N–H and O–H groups in total. The van der Waals surface area contributed by atoms with E-state index in [0.29, 0.717) is 17.8 Å². The Hall–Kier alpha value is -2.89. The minimum Gasteiger partial charge on any atom is -0.321 e. The Morgan fingerprint density at radius 1 is 1.33 bits per heavy atom. The Kier molecular flexibility index (Phi) is 6.55. The van der Waals surface area contributed by atoms with Crippen molar-refractivity contribution in [1.82, 2.24) is 9.97 Å². The van der Waals surface area contributed by atoms with Gasteiger partial charge in [-0.25, -0.2) is 4.39 Å². The number of anilines is 1. The third-order valence-electron chi connectivity index (χ3n) is 3.90. The van der Waals surface area contributed by atoms with Crippen molar-refractivity contribution in [3.8, 4) is 0 Å². The molecule has 0 radical (unpaired) electrons. The van der Waals surface area contributed by atoms with Crippen molar-refractivity contribution in [3.05, 3.63) is 65.3 Å². The number of rotatable bonds is 6. The zero-order chi connectivity index (χ0) is 20.0. The van der Waals surface area contributed by atoms with Gasteiger partial charge in [0.05, 0.1) is 23.3 Å². The van der Waals surface area contributed by atoms with E-state index in [2.05, 4.69) is 20.3 Å². The van der Waals surface area contributed by atoms with Gasteiger partial charge in [0, 0.05) is 29.6 Å². The molecule has 142 valence electrons. The van der Waals surface area contributed by atoms with Crippen molar-refractivity contribution >= 4 is 17.3 Å². The van der Waals surface area contributed by atoms with Crippen LogP contribution >= 0.6 is 0 Å². The first-order valence-electron chi connectivity index (χ1n) is 8.87. The Morgan fingerprint density at radius 3 is 2.70 bits per heavy atom. The molecule has 0 unspecified atom stereocenters. The highest BCUT2D eigenvalue weighted by atomic mass is 19.1. The number of carbonyl (C=O) groups is 1. The molecule has 0 atom stereocenters. The summed E-state index contributed by atoms with van der Waals surface area (Å²) in [5.41, 5.74) is 1.97. The first-order chi connectivity index (χ1) is 12.8. The number of nitrogens with one attached hydrogen (secondary N) is 1. The molecule has 0 aliphatic rings. The van der Waals surface area contributed by atoms with Crippen LogP contribution in [0.1, 0.15) is 55.0 Å². The number of pyridine rings is 2. The molecule has 0 saturated heterocycles. The van der Waals surface area contributed by atoms with Gasteiger partial charge in [-0.05, 0) is 58.9 Å². The highest BCUT2D eigenvalue weighted by molar-refractivity contribution is 6.10. The Balaban J connectivity index is 2.32. The summed E-state index contributed by atoms with van der Waals surface area (Å²) in [5, 5.41) is 2.81. The van der Waals surface area contributed by atoms with Crippen LogP contribution in [0.15, 0.2) is 47.7 Å². The maximum Gasteiger partial charge on any atom is 0.255 e. The molecular weight excluding hydrogens is 343 g/mol. The van der Waals surface area contributed by atoms with E-state index in [-0.39, 0.29) is 11.6 Å². The maximum atomic E-state index is 14.1. The number of alkyl halides is 1. The monoisotopic (exact) mass is 368 g/mol. The topological polar surface area (TPSA) is 67.2 Å². The average Bonchev–Trinajstić information content (AvgIpc) is 2.62. The lowest BCUT2D eigenvalue weighted by Gasteiger charge is -2.14. The molecule has 0 aromatic carbocycles. The van der Waals surface area contributed by atoms with Crippen LogP contribution in [0.2, 0.25) is 0 Å². The van der Waals surface area contributed by atoms with Gasteiger partial charge in [0.2, 0.25) is 0 Å². The number of nitrogens with zero attached hydrogens (tertiary/aromatic N) is 3. The molecule has 0 saturated carbocycles. The molecule has 6 heteroatoms. The smallest absolute Gasteiger partial charge is 0.255 e. The van der Waals surface area contributed by atoms with Gasteiger partial charge in [-0.3, -0.25) is 19.8 Å². The third kappa shape index (κ3) is 5.29. The van der Waals surface area contributed by atoms with Crippen LogP contribution in [-0.2, 0) is 5.67 Å². The van der Waals surface area contributed by atoms with Gasteiger partial charge in [0.15, 0.2) is 0 Å². The number of aromatic nitrogens is 2. The minimum atomic E-state index is -1.62. The zero-order valence-corrected chi connectivity index (χ0v) is 16.4. The molecule has 0 bridgehead atoms. The minimum absolute atomic E-state index is 0.211. The number of aryl methyl sites for hydroxylation is 1. The summed E-state index contributed by atoms with van der Waals surface area (Å²) in [6.07, 6.45) is 6.85. The molecular formula is C21H25FN4O. The normalized spacial score (nSPS) is 12.4. The van der Waals surface area contributed by atoms with Crippen molar-refractivity contribution in [2.75, 3.05) is 11.9 Å². The summed E-state index contributed by atoms with van der Waals surface area (Å²) in [4.78, 5) is 25.4. The predicted octanol–water partition coefficient (Wildman–Crippen LogP) is 4.63. The molecule has 0 spiro atoms. The van der Waals surface area contributed by atoms with E-state index in [1.54, 1.807) is 12.3 Å². The van der Waals surface area contributed by atoms with Gasteiger partial charge in [-0.2, -0.15) is 0 Å². The summed E-state index contributed by atoms with van der Waals surface area (Å²) in [6.45, 7) is 9.24. The predicted molar refractivity (Wildman–Crippen MR) is 107 cm³/mol. The van der Waals surface area contributed by atoms with Crippen LogP contribution in [0.25, 0.3) is 0 Å². The molecule has 2 heterocycles. The summed E-state index contributed by atoms with van der Waals surface area (Å²) < 4.78 is 14.1. The van der Waals surface area contributed by atoms with E-state index < -0.39 is 5.67 Å². The SMILES string of the molecule is C/C=C\C(=NCC)c1cc(NC(=O)c2ccnc(C(C)(C)F)c2)cnc1C. The van der Waals surface area contributed by atoms with Crippen LogP contribution in [0.5, 0.6) is 0 Å². The molecule has 2 aromatic heterocycles. The average molecular weight is 368 g/mol. The fourth-order valence-electron chi connectivity index (χ4n) is 2.52. The van der Waals surface area contributed by atoms with Crippen LogP contribution in [-0.4, -0.2) is 28.1 Å². The molecule has 5 nitrogen and oxygen atoms in total. The number of amides is 1. The first kappa shape index (κ1) is 20.4. The highest BCUT2D eigenvalue weighted by Crippen LogP contribution is 2.23. The number of carbonyl (C=O) groups excluding carboxylic acids is 1. The van der Waals surface area contributed by atoms with E-state index in [4.69, 9.17) is 0 Å². The Labute approximate surface area is 159 Å². The number of halogens is 1. The number of aliphatic imine (C=N–C) groups is 1. The second kappa shape index (κ2) is 8.66. The lowest BCUT2D eigenvalue weighted by Crippen LogP contribution is -2.17. The zero-order valence-electron chi connectivity index (χ0n) is 16.4. The lowest BCUT2D eigenvalue weighted by atomic mass is 10.0. The largest absolute Gasteiger partial charge is 0.321 e. The quantitative estimate of drug-likeness (QED) is 0.756. The van der Waals surface area contributed by atoms with Crippen molar-refractivity contribution in [2.24, 2.45) is 4.99 Å². The summed E-state index contributed by atoms with van der Waals surface area (Å²) in [7, 11) is 0. The van der Waals surface area contributed by atoms with E-state index in [1.807, 2.05) is 39.0 Å². The molecule has 0 aliphatic heterocycles. The van der Waals surface area contributed by atoms with Crippen molar-refractivity contribution < 1.29 is 9.18 Å². The van der Waals surface area contributed by atoms with E-state index in [0.717, 1.165) is 17.0 Å². The maximum absolute atomic E-state index is 14.1. The summed E-state index contributed by atoms with van der Waals surface area (Å²) >= 11 is 0. The van der Waals surface area contributed by atoms with E-state index >= 15 is 0 Å². The number of hydrogen-bond donors (Lipinski definition) is 1. The molecule has 1 amide bonds. The fraction of sp³-hybridized carbons (Fsp3) is 0.333. The third-order valence-corrected chi connectivity index (χ3v) is 3.90. The standard InChI is InChI=1S/C21H25FN4O/c1-6-8-18(23-7-2)17-12-16(13-25-14(17)3)26-20(27)15-9-10-24-19(11-15)21(4,5)22/h6,8-13H,7H2,1-5H3,(H,26,27)/b8-6-,23-18?. The molecule has 0 aliphatic carbocycles. The van der Waals surface area contributed by atoms with Gasteiger partial charge < -0.3 is 5.32 Å². The van der Waals surface area contributed by atoms with Crippen molar-refractivity contribution in [1.29, 1.82) is 0 Å². The molecule has 2 rings (SSSR count). The first-order valence-corrected chi connectivity index (χ1v) is 8.87. The second-order valence-electron chi connectivity index (χ2n) is 6.57. The Morgan fingerprint density at radius 2 is 2.07 bits per heavy atom. The van der Waals surface area contributed by atoms with E-state index in [9.17, 15) is 9.18 Å². The van der Waals surface area contributed by atoms with Gasteiger partial charge in [0.25, 0.3) is 5.91 Å². The van der Waals surface area contributed by atoms with Gasteiger partial charge in [-0.15, -0.1) is 0 Å². The van der Waals surface area contributed by atoms with Crippen LogP contribution in [0, 0.1) is 6.92 Å². The molecule has 0 fully saturated rings. The van der Waals surface area contributed by atoms with Crippen LogP contribution in [0.3, 0.4) is 0 Å². The van der Waals surface area contributed by atoms with Crippen LogP contribution < -0.4 is 5.32 Å². The van der Waals surface area contributed by atoms with Crippen molar-refractivity contribution in [2.45, 2.75) is 40.3 Å². The molecule has 2 aromatic rings. The second-order valence-corrected chi connectivity index (χ2v) is 6.57. The van der Waals surface area contributed by atoms with Gasteiger partial charge >= 0.3 is 0 Å². The van der Waals surface area contributed by atoms with E-state index in [1.165, 1.54) is 26.1 Å². The summed E-state index contributed by atoms with van der Waals surface area (Å²) in [5.74, 6) is -0.348. The van der Waals surface area contributed by atoms with Gasteiger partial charge in [-0.1, -0.05) is 6.08 Å². The number of hydrogen-bond acceptors (Lipinski definition) is 4. The fourth-order valence-corrected chi connectivity index (χ4v) is 2.52. The highest BCUT2D eigenvalue weighted by Gasteiger charge is 2.22. The number of allylic oxidation sites excluding steroid dienone is 2. The summed E-state index contributed by atoms with van der Waals surface area (Å²) in [6, 6.07) is 4.86. The van der Waals surface area contributed by atoms with Crippen molar-refractivity contribution in [3.63, 3.8) is 0 Å². The van der Waals surface area contributed by atoms with Crippen LogP contribution in [0.4, 0.5) is 10.1 Å².